The number of nitrogens with one attached hydrogen (secondary N) is 4. The number of hydrogen-bond acceptors (Lipinski definition) is 8. The van der Waals surface area contributed by atoms with Gasteiger partial charge in [0.2, 0.25) is 0 Å². The van der Waals surface area contributed by atoms with Crippen molar-refractivity contribution in [1.82, 2.24) is 21.3 Å². The molecular weight excluding hydrogens is 687 g/mol. The highest BCUT2D eigenvalue weighted by Crippen LogP contribution is 2.43. The van der Waals surface area contributed by atoms with Gasteiger partial charge in [0.25, 0.3) is 0 Å². The van der Waals surface area contributed by atoms with Gasteiger partial charge in [-0.25, -0.2) is 0 Å². The number of aliphatic carboxylic acids is 4. The fourth-order valence-electron chi connectivity index (χ4n) is 10.1. The van der Waals surface area contributed by atoms with Gasteiger partial charge in [-0.2, -0.15) is 0 Å². The van der Waals surface area contributed by atoms with Crippen LogP contribution in [0.2, 0.25) is 0 Å². The summed E-state index contributed by atoms with van der Waals surface area (Å²) in [5.74, 6) is -2.56. The molecular formula is C36H58Cl2N4O8. The molecule has 3 fully saturated rings. The summed E-state index contributed by atoms with van der Waals surface area (Å²) in [5, 5.41) is 54.0. The molecule has 12 atom stereocenters. The Balaban J connectivity index is 0.00000338. The lowest BCUT2D eigenvalue weighted by atomic mass is 9.80. The fraction of sp³-hybridized carbons (Fsp3) is 0.778. The summed E-state index contributed by atoms with van der Waals surface area (Å²) in [4.78, 5) is 46.8. The fourth-order valence-corrected chi connectivity index (χ4v) is 10.1. The van der Waals surface area contributed by atoms with E-state index in [2.05, 4.69) is 49.0 Å². The Morgan fingerprint density at radius 1 is 0.520 bits per heavy atom. The second-order valence-electron chi connectivity index (χ2n) is 15.4. The molecule has 12 unspecified atom stereocenters. The summed E-state index contributed by atoms with van der Waals surface area (Å²) in [5.41, 5.74) is 4.66. The van der Waals surface area contributed by atoms with Crippen molar-refractivity contribution in [2.45, 2.75) is 153 Å². The number of rotatable bonds is 12. The molecule has 0 radical (unpaired) electrons. The third-order valence-electron chi connectivity index (χ3n) is 12.8. The molecule has 0 aromatic rings. The summed E-state index contributed by atoms with van der Waals surface area (Å²) < 4.78 is 0. The standard InChI is InChI=1S/C36H56N4O8.2ClH/c1-17-21(5-9-33(41)42)29-14-27-19(3)22(6-10-34(43)44)30(39-27)15-28-20(4)24(8-12-36(47)48)32(40-28)16-31-23(7-11-35(45)46)18(2)26(38-31)13-25(17)37-29;;/h18-19,22-23,25-32,37-40H,5-16H2,1-4H3,(H,41,42)(H,43,44)(H,45,46)(H,47,48);2*1H. The minimum atomic E-state index is -0.834. The number of carbonyl (C=O) groups is 4. The molecule has 284 valence electrons. The van der Waals surface area contributed by atoms with E-state index in [-0.39, 0.29) is 123 Å². The Hall–Kier alpha value is -2.22. The van der Waals surface area contributed by atoms with Crippen LogP contribution < -0.4 is 21.3 Å². The summed E-state index contributed by atoms with van der Waals surface area (Å²) in [6.07, 6.45) is 5.43. The van der Waals surface area contributed by atoms with Gasteiger partial charge in [-0.05, 0) is 88.9 Å². The first-order valence-electron chi connectivity index (χ1n) is 18.0. The van der Waals surface area contributed by atoms with E-state index in [1.807, 2.05) is 0 Å². The summed E-state index contributed by atoms with van der Waals surface area (Å²) >= 11 is 0. The quantitative estimate of drug-likeness (QED) is 0.132. The molecule has 3 saturated heterocycles. The smallest absolute Gasteiger partial charge is 0.303 e. The van der Waals surface area contributed by atoms with Crippen LogP contribution in [0, 0.1) is 23.7 Å². The third kappa shape index (κ3) is 9.60. The first-order chi connectivity index (χ1) is 22.7. The zero-order valence-electron chi connectivity index (χ0n) is 29.7. The third-order valence-corrected chi connectivity index (χ3v) is 12.8. The molecule has 0 spiro atoms. The van der Waals surface area contributed by atoms with Crippen molar-refractivity contribution < 1.29 is 39.6 Å². The van der Waals surface area contributed by atoms with Gasteiger partial charge in [-0.15, -0.1) is 24.8 Å². The highest BCUT2D eigenvalue weighted by molar-refractivity contribution is 5.85. The molecule has 14 heteroatoms. The molecule has 5 aliphatic rings. The normalized spacial score (nSPS) is 36.6. The molecule has 12 nitrogen and oxygen atoms in total. The Morgan fingerprint density at radius 3 is 1.20 bits per heavy atom. The van der Waals surface area contributed by atoms with E-state index in [1.54, 1.807) is 0 Å². The van der Waals surface area contributed by atoms with Crippen LogP contribution in [-0.2, 0) is 19.2 Å². The maximum atomic E-state index is 11.7. The molecule has 5 rings (SSSR count). The average molecular weight is 746 g/mol. The first-order valence-corrected chi connectivity index (χ1v) is 18.0. The van der Waals surface area contributed by atoms with Crippen molar-refractivity contribution >= 4 is 48.7 Å². The molecule has 5 heterocycles. The van der Waals surface area contributed by atoms with E-state index in [9.17, 15) is 39.6 Å². The van der Waals surface area contributed by atoms with Gasteiger partial charge in [0.05, 0.1) is 0 Å². The van der Waals surface area contributed by atoms with Crippen LogP contribution in [0.3, 0.4) is 0 Å². The first kappa shape index (κ1) is 42.2. The van der Waals surface area contributed by atoms with E-state index in [4.69, 9.17) is 0 Å². The molecule has 50 heavy (non-hydrogen) atoms. The Morgan fingerprint density at radius 2 is 0.840 bits per heavy atom. The van der Waals surface area contributed by atoms with Crippen molar-refractivity contribution in [2.75, 3.05) is 0 Å². The Labute approximate surface area is 307 Å². The number of halogens is 2. The van der Waals surface area contributed by atoms with Gasteiger partial charge in [-0.3, -0.25) is 19.2 Å². The van der Waals surface area contributed by atoms with Crippen molar-refractivity contribution in [1.29, 1.82) is 0 Å². The zero-order valence-corrected chi connectivity index (χ0v) is 31.3. The van der Waals surface area contributed by atoms with Gasteiger partial charge in [-0.1, -0.05) is 36.1 Å². The number of carboxylic acids is 4. The van der Waals surface area contributed by atoms with E-state index >= 15 is 0 Å². The van der Waals surface area contributed by atoms with E-state index in [1.165, 1.54) is 16.7 Å². The number of fused-ring (bicyclic) bond motifs is 8. The lowest BCUT2D eigenvalue weighted by molar-refractivity contribution is -0.138. The average Bonchev–Trinajstić information content (AvgIpc) is 3.66. The predicted octanol–water partition coefficient (Wildman–Crippen LogP) is 4.36. The van der Waals surface area contributed by atoms with Crippen LogP contribution in [0.4, 0.5) is 0 Å². The summed E-state index contributed by atoms with van der Waals surface area (Å²) in [6.45, 7) is 8.66. The van der Waals surface area contributed by atoms with Crippen molar-refractivity contribution in [3.8, 4) is 0 Å². The second-order valence-corrected chi connectivity index (χ2v) is 15.4. The van der Waals surface area contributed by atoms with Gasteiger partial charge in [0.1, 0.15) is 0 Å². The molecule has 0 saturated carbocycles. The predicted molar refractivity (Wildman–Crippen MR) is 194 cm³/mol. The molecule has 5 aliphatic heterocycles. The minimum absolute atomic E-state index is 0. The maximum absolute atomic E-state index is 11.7. The van der Waals surface area contributed by atoms with Crippen LogP contribution in [-0.4, -0.2) is 92.6 Å². The van der Waals surface area contributed by atoms with Crippen LogP contribution >= 0.6 is 24.8 Å². The second kappa shape index (κ2) is 18.0. The van der Waals surface area contributed by atoms with Crippen LogP contribution in [0.1, 0.15) is 105 Å². The summed E-state index contributed by atoms with van der Waals surface area (Å²) in [6, 6.07) is 0.397. The van der Waals surface area contributed by atoms with Crippen molar-refractivity contribution in [3.05, 3.63) is 22.3 Å². The maximum Gasteiger partial charge on any atom is 0.303 e. The molecule has 0 aromatic heterocycles. The number of carboxylic acid groups (broad SMARTS) is 4. The highest BCUT2D eigenvalue weighted by atomic mass is 35.5. The zero-order chi connectivity index (χ0) is 34.9. The van der Waals surface area contributed by atoms with Gasteiger partial charge < -0.3 is 41.7 Å². The molecule has 8 N–H and O–H groups in total. The monoisotopic (exact) mass is 744 g/mol. The SMILES string of the molecule is CC1=C(CCC(=O)O)C2CC3NC(CC4NC(CC5NC(CC1N2)C(C)C5CCC(=O)O)C(CCC(=O)O)=C4C)C(CCC(=O)O)C3C.Cl.Cl. The molecule has 0 amide bonds. The summed E-state index contributed by atoms with van der Waals surface area (Å²) in [7, 11) is 0. The minimum Gasteiger partial charge on any atom is -0.481 e. The van der Waals surface area contributed by atoms with Gasteiger partial charge >= 0.3 is 23.9 Å². The highest BCUT2D eigenvalue weighted by Gasteiger charge is 2.48. The molecule has 8 bridgehead atoms. The van der Waals surface area contributed by atoms with Crippen LogP contribution in [0.5, 0.6) is 0 Å². The van der Waals surface area contributed by atoms with E-state index in [0.717, 1.165) is 31.3 Å². The lowest BCUT2D eigenvalue weighted by Crippen LogP contribution is -2.46. The lowest BCUT2D eigenvalue weighted by Gasteiger charge is -2.28. The van der Waals surface area contributed by atoms with E-state index in [0.29, 0.717) is 25.7 Å². The van der Waals surface area contributed by atoms with Gasteiger partial charge in [0.15, 0.2) is 0 Å². The topological polar surface area (TPSA) is 197 Å². The Kier molecular flexibility index (Phi) is 15.2. The van der Waals surface area contributed by atoms with Crippen molar-refractivity contribution in [3.63, 3.8) is 0 Å². The van der Waals surface area contributed by atoms with Crippen LogP contribution in [0.25, 0.3) is 0 Å². The largest absolute Gasteiger partial charge is 0.481 e. The Bertz CT molecular complexity index is 1330. The van der Waals surface area contributed by atoms with Gasteiger partial charge in [0, 0.05) is 74.0 Å². The van der Waals surface area contributed by atoms with Crippen LogP contribution in [0.15, 0.2) is 22.3 Å². The van der Waals surface area contributed by atoms with E-state index < -0.39 is 23.9 Å². The molecule has 0 aromatic carbocycles. The number of hydrogen-bond donors (Lipinski definition) is 8. The molecule has 0 aliphatic carbocycles. The van der Waals surface area contributed by atoms with Crippen molar-refractivity contribution in [2.24, 2.45) is 23.7 Å².